The SMILES string of the molecule is O=C(c1ccc2c(c1)CCO2)N1C[C@H]2C[C@@H](Oc3ccc4c(c3)OCO4)[C@H](O)C[C@H]2C1. The number of benzene rings is 2. The number of amides is 1. The molecule has 4 aliphatic rings. The zero-order valence-electron chi connectivity index (χ0n) is 17.2. The van der Waals surface area contributed by atoms with E-state index in [2.05, 4.69) is 0 Å². The summed E-state index contributed by atoms with van der Waals surface area (Å²) in [5.74, 6) is 3.61. The van der Waals surface area contributed by atoms with Crippen LogP contribution in [0.2, 0.25) is 0 Å². The number of likely N-dealkylation sites (tertiary alicyclic amines) is 1. The lowest BCUT2D eigenvalue weighted by Gasteiger charge is -2.35. The van der Waals surface area contributed by atoms with Gasteiger partial charge in [-0.15, -0.1) is 0 Å². The predicted molar refractivity (Wildman–Crippen MR) is 111 cm³/mol. The molecule has 2 fully saturated rings. The second-order valence-corrected chi connectivity index (χ2v) is 8.86. The van der Waals surface area contributed by atoms with E-state index in [1.807, 2.05) is 41.3 Å². The van der Waals surface area contributed by atoms with E-state index in [4.69, 9.17) is 18.9 Å². The van der Waals surface area contributed by atoms with E-state index in [-0.39, 0.29) is 18.8 Å². The van der Waals surface area contributed by atoms with E-state index in [1.165, 1.54) is 0 Å². The lowest BCUT2D eigenvalue weighted by Crippen LogP contribution is -2.42. The van der Waals surface area contributed by atoms with Crippen molar-refractivity contribution in [3.8, 4) is 23.0 Å². The first-order valence-electron chi connectivity index (χ1n) is 10.9. The zero-order valence-corrected chi connectivity index (χ0v) is 17.2. The van der Waals surface area contributed by atoms with Crippen molar-refractivity contribution in [3.05, 3.63) is 47.5 Å². The van der Waals surface area contributed by atoms with Gasteiger partial charge in [-0.25, -0.2) is 0 Å². The number of aliphatic hydroxyl groups is 1. The molecule has 0 radical (unpaired) electrons. The van der Waals surface area contributed by atoms with Crippen LogP contribution in [0.1, 0.15) is 28.8 Å². The highest BCUT2D eigenvalue weighted by atomic mass is 16.7. The van der Waals surface area contributed by atoms with Crippen LogP contribution in [0.15, 0.2) is 36.4 Å². The van der Waals surface area contributed by atoms with E-state index >= 15 is 0 Å². The number of nitrogens with zero attached hydrogens (tertiary/aromatic N) is 1. The molecule has 1 aliphatic carbocycles. The average Bonchev–Trinajstić information content (AvgIpc) is 3.51. The zero-order chi connectivity index (χ0) is 20.9. The quantitative estimate of drug-likeness (QED) is 0.818. The molecular weight excluding hydrogens is 398 g/mol. The van der Waals surface area contributed by atoms with Gasteiger partial charge in [-0.3, -0.25) is 4.79 Å². The van der Waals surface area contributed by atoms with Gasteiger partial charge in [0.1, 0.15) is 17.6 Å². The molecule has 1 amide bonds. The highest BCUT2D eigenvalue weighted by Gasteiger charge is 2.44. The van der Waals surface area contributed by atoms with Gasteiger partial charge in [-0.1, -0.05) is 0 Å². The van der Waals surface area contributed by atoms with Gasteiger partial charge in [0, 0.05) is 31.1 Å². The monoisotopic (exact) mass is 423 g/mol. The van der Waals surface area contributed by atoms with Gasteiger partial charge in [-0.05, 0) is 60.6 Å². The van der Waals surface area contributed by atoms with Crippen LogP contribution in [0.5, 0.6) is 23.0 Å². The first kappa shape index (κ1) is 18.8. The number of hydrogen-bond donors (Lipinski definition) is 1. The average molecular weight is 423 g/mol. The van der Waals surface area contributed by atoms with Gasteiger partial charge in [0.25, 0.3) is 5.91 Å². The van der Waals surface area contributed by atoms with Crippen molar-refractivity contribution in [1.29, 1.82) is 0 Å². The molecule has 3 heterocycles. The van der Waals surface area contributed by atoms with E-state index in [0.717, 1.165) is 29.7 Å². The number of fused-ring (bicyclic) bond motifs is 3. The minimum Gasteiger partial charge on any atom is -0.493 e. The van der Waals surface area contributed by atoms with Gasteiger partial charge >= 0.3 is 0 Å². The number of aliphatic hydroxyl groups excluding tert-OH is 1. The van der Waals surface area contributed by atoms with Crippen LogP contribution in [0, 0.1) is 11.8 Å². The Balaban J connectivity index is 1.13. The number of carbonyl (C=O) groups is 1. The molecule has 1 saturated carbocycles. The molecule has 0 aromatic heterocycles. The van der Waals surface area contributed by atoms with E-state index in [0.29, 0.717) is 55.2 Å². The second kappa shape index (κ2) is 7.34. The summed E-state index contributed by atoms with van der Waals surface area (Å²) in [6, 6.07) is 11.2. The number of rotatable bonds is 3. The molecule has 162 valence electrons. The molecule has 7 nitrogen and oxygen atoms in total. The Morgan fingerprint density at radius 2 is 1.77 bits per heavy atom. The minimum absolute atomic E-state index is 0.0619. The fourth-order valence-electron chi connectivity index (χ4n) is 5.31. The fraction of sp³-hybridized carbons (Fsp3) is 0.458. The number of hydrogen-bond acceptors (Lipinski definition) is 6. The van der Waals surface area contributed by atoms with E-state index in [9.17, 15) is 9.90 Å². The van der Waals surface area contributed by atoms with Crippen LogP contribution >= 0.6 is 0 Å². The molecule has 0 bridgehead atoms. The van der Waals surface area contributed by atoms with E-state index in [1.54, 1.807) is 0 Å². The van der Waals surface area contributed by atoms with Gasteiger partial charge < -0.3 is 29.0 Å². The fourth-order valence-corrected chi connectivity index (χ4v) is 5.31. The van der Waals surface area contributed by atoms with Crippen molar-refractivity contribution in [3.63, 3.8) is 0 Å². The first-order chi connectivity index (χ1) is 15.1. The van der Waals surface area contributed by atoms with Crippen LogP contribution in [0.25, 0.3) is 0 Å². The summed E-state index contributed by atoms with van der Waals surface area (Å²) in [6.45, 7) is 2.29. The molecule has 2 aromatic rings. The van der Waals surface area contributed by atoms with Crippen molar-refractivity contribution in [1.82, 2.24) is 4.90 Å². The Bertz CT molecular complexity index is 1020. The molecule has 6 rings (SSSR count). The van der Waals surface area contributed by atoms with Crippen molar-refractivity contribution in [2.45, 2.75) is 31.5 Å². The Morgan fingerprint density at radius 1 is 0.968 bits per heavy atom. The molecule has 1 N–H and O–H groups in total. The molecule has 2 aromatic carbocycles. The lowest BCUT2D eigenvalue weighted by molar-refractivity contribution is -0.0232. The van der Waals surface area contributed by atoms with Gasteiger partial charge in [-0.2, -0.15) is 0 Å². The standard InChI is InChI=1S/C24H25NO6/c26-19-8-16-11-25(24(27)15-1-3-20-14(7-15)5-6-28-20)12-17(16)9-22(19)31-18-2-4-21-23(10-18)30-13-29-21/h1-4,7,10,16-17,19,22,26H,5-6,8-9,11-13H2/t16-,17+,19+,22+/m0/s1. The third-order valence-corrected chi connectivity index (χ3v) is 6.94. The van der Waals surface area contributed by atoms with Crippen LogP contribution in [-0.4, -0.2) is 54.6 Å². The summed E-state index contributed by atoms with van der Waals surface area (Å²) in [6.07, 6.45) is 1.36. The topological polar surface area (TPSA) is 77.5 Å². The molecule has 1 saturated heterocycles. The highest BCUT2D eigenvalue weighted by Crippen LogP contribution is 2.40. The molecule has 7 heteroatoms. The molecule has 0 spiro atoms. The smallest absolute Gasteiger partial charge is 0.253 e. The molecule has 0 unspecified atom stereocenters. The van der Waals surface area contributed by atoms with E-state index < -0.39 is 6.10 Å². The maximum atomic E-state index is 13.1. The summed E-state index contributed by atoms with van der Waals surface area (Å²) < 4.78 is 22.4. The van der Waals surface area contributed by atoms with Crippen molar-refractivity contribution < 1.29 is 28.8 Å². The molecule has 31 heavy (non-hydrogen) atoms. The Hall–Kier alpha value is -2.93. The summed E-state index contributed by atoms with van der Waals surface area (Å²) in [5, 5.41) is 10.7. The van der Waals surface area contributed by atoms with Crippen LogP contribution in [-0.2, 0) is 6.42 Å². The molecular formula is C24H25NO6. The third-order valence-electron chi connectivity index (χ3n) is 6.94. The summed E-state index contributed by atoms with van der Waals surface area (Å²) in [5.41, 5.74) is 1.83. The predicted octanol–water partition coefficient (Wildman–Crippen LogP) is 2.64. The molecule has 3 aliphatic heterocycles. The normalized spacial score (nSPS) is 28.1. The van der Waals surface area contributed by atoms with Crippen molar-refractivity contribution in [2.75, 3.05) is 26.5 Å². The maximum absolute atomic E-state index is 13.1. The largest absolute Gasteiger partial charge is 0.493 e. The van der Waals surface area contributed by atoms with Gasteiger partial charge in [0.05, 0.1) is 12.7 Å². The Morgan fingerprint density at radius 3 is 2.68 bits per heavy atom. The summed E-state index contributed by atoms with van der Waals surface area (Å²) in [7, 11) is 0. The van der Waals surface area contributed by atoms with Crippen molar-refractivity contribution >= 4 is 5.91 Å². The second-order valence-electron chi connectivity index (χ2n) is 8.86. The number of carbonyl (C=O) groups excluding carboxylic acids is 1. The Kier molecular flexibility index (Phi) is 4.45. The molecule has 4 atom stereocenters. The van der Waals surface area contributed by atoms with Crippen LogP contribution in [0.3, 0.4) is 0 Å². The van der Waals surface area contributed by atoms with Crippen LogP contribution < -0.4 is 18.9 Å². The lowest BCUT2D eigenvalue weighted by atomic mass is 9.78. The summed E-state index contributed by atoms with van der Waals surface area (Å²) in [4.78, 5) is 15.1. The maximum Gasteiger partial charge on any atom is 0.253 e. The first-order valence-corrected chi connectivity index (χ1v) is 10.9. The summed E-state index contributed by atoms with van der Waals surface area (Å²) >= 11 is 0. The van der Waals surface area contributed by atoms with Crippen molar-refractivity contribution in [2.24, 2.45) is 11.8 Å². The Labute approximate surface area is 180 Å². The van der Waals surface area contributed by atoms with Crippen LogP contribution in [0.4, 0.5) is 0 Å². The minimum atomic E-state index is -0.557. The highest BCUT2D eigenvalue weighted by molar-refractivity contribution is 5.95. The van der Waals surface area contributed by atoms with Gasteiger partial charge in [0.2, 0.25) is 6.79 Å². The third kappa shape index (κ3) is 3.37. The number of ether oxygens (including phenoxy) is 4. The van der Waals surface area contributed by atoms with Gasteiger partial charge in [0.15, 0.2) is 11.5 Å².